The molecular weight excluding hydrogens is 166 g/mol. The first-order valence-corrected chi connectivity index (χ1v) is 4.28. The zero-order valence-corrected chi connectivity index (χ0v) is 7.66. The number of phenolic OH excluding ortho intramolecular Hbond substituents is 1. The van der Waals surface area contributed by atoms with Gasteiger partial charge in [-0.1, -0.05) is 6.92 Å². The van der Waals surface area contributed by atoms with Gasteiger partial charge in [-0.05, 0) is 25.0 Å². The molecule has 0 aliphatic carbocycles. The third-order valence-electron chi connectivity index (χ3n) is 2.23. The van der Waals surface area contributed by atoms with Crippen LogP contribution in [0.2, 0.25) is 0 Å². The van der Waals surface area contributed by atoms with E-state index in [4.69, 9.17) is 4.42 Å². The van der Waals surface area contributed by atoms with Crippen LogP contribution in [-0.2, 0) is 6.42 Å². The number of aromatic hydroxyl groups is 1. The van der Waals surface area contributed by atoms with Crippen molar-refractivity contribution in [2.75, 3.05) is 0 Å². The smallest absolute Gasteiger partial charge is 0.182 e. The topological polar surface area (TPSA) is 46.3 Å². The molecule has 0 radical (unpaired) electrons. The summed E-state index contributed by atoms with van der Waals surface area (Å²) in [6, 6.07) is 1.73. The number of hydrogen-bond donors (Lipinski definition) is 1. The van der Waals surface area contributed by atoms with Gasteiger partial charge >= 0.3 is 0 Å². The molecule has 1 aromatic carbocycles. The van der Waals surface area contributed by atoms with E-state index in [1.165, 1.54) is 6.39 Å². The minimum absolute atomic E-state index is 0.296. The van der Waals surface area contributed by atoms with Crippen molar-refractivity contribution in [1.82, 2.24) is 4.98 Å². The molecule has 0 bridgehead atoms. The lowest BCUT2D eigenvalue weighted by molar-refractivity contribution is 0.467. The molecule has 0 spiro atoms. The van der Waals surface area contributed by atoms with Crippen LogP contribution in [-0.4, -0.2) is 10.1 Å². The second-order valence-corrected chi connectivity index (χ2v) is 3.07. The zero-order chi connectivity index (χ0) is 9.42. The number of oxazole rings is 1. The Bertz CT molecular complexity index is 445. The maximum atomic E-state index is 9.62. The molecule has 0 saturated carbocycles. The average molecular weight is 177 g/mol. The molecule has 0 fully saturated rings. The highest BCUT2D eigenvalue weighted by molar-refractivity contribution is 5.81. The second-order valence-electron chi connectivity index (χ2n) is 3.07. The summed E-state index contributed by atoms with van der Waals surface area (Å²) in [4.78, 5) is 4.09. The molecular formula is C10H11NO2. The number of phenols is 1. The van der Waals surface area contributed by atoms with Crippen LogP contribution in [0.4, 0.5) is 0 Å². The Morgan fingerprint density at radius 2 is 2.31 bits per heavy atom. The molecule has 2 rings (SSSR count). The van der Waals surface area contributed by atoms with Crippen LogP contribution in [0, 0.1) is 6.92 Å². The number of benzene rings is 1. The summed E-state index contributed by atoms with van der Waals surface area (Å²) in [6.45, 7) is 3.89. The van der Waals surface area contributed by atoms with Crippen molar-refractivity contribution in [3.05, 3.63) is 23.6 Å². The molecule has 3 heteroatoms. The van der Waals surface area contributed by atoms with Gasteiger partial charge in [0.05, 0.1) is 0 Å². The molecule has 2 aromatic rings. The van der Waals surface area contributed by atoms with Crippen molar-refractivity contribution in [2.45, 2.75) is 20.3 Å². The molecule has 1 heterocycles. The third kappa shape index (κ3) is 1.08. The molecule has 1 aromatic heterocycles. The van der Waals surface area contributed by atoms with E-state index in [9.17, 15) is 5.11 Å². The standard InChI is InChI=1S/C10H11NO2/c1-3-7-8(12)4-6(2)9-10(7)13-5-11-9/h4-5,12H,3H2,1-2H3. The van der Waals surface area contributed by atoms with E-state index in [1.807, 2.05) is 13.8 Å². The quantitative estimate of drug-likeness (QED) is 0.727. The van der Waals surface area contributed by atoms with Gasteiger partial charge in [-0.25, -0.2) is 4.98 Å². The van der Waals surface area contributed by atoms with Gasteiger partial charge in [-0.15, -0.1) is 0 Å². The maximum absolute atomic E-state index is 9.62. The molecule has 0 saturated heterocycles. The molecule has 0 atom stereocenters. The van der Waals surface area contributed by atoms with Crippen molar-refractivity contribution in [3.8, 4) is 5.75 Å². The Kier molecular flexibility index (Phi) is 1.72. The van der Waals surface area contributed by atoms with Crippen molar-refractivity contribution in [1.29, 1.82) is 0 Å². The minimum Gasteiger partial charge on any atom is -0.508 e. The third-order valence-corrected chi connectivity index (χ3v) is 2.23. The van der Waals surface area contributed by atoms with E-state index in [1.54, 1.807) is 6.07 Å². The van der Waals surface area contributed by atoms with Gasteiger partial charge in [0.15, 0.2) is 12.0 Å². The molecule has 68 valence electrons. The normalized spacial score (nSPS) is 10.9. The predicted molar refractivity (Wildman–Crippen MR) is 49.8 cm³/mol. The summed E-state index contributed by atoms with van der Waals surface area (Å²) in [6.07, 6.45) is 2.16. The summed E-state index contributed by atoms with van der Waals surface area (Å²) in [5, 5.41) is 9.62. The fraction of sp³-hybridized carbons (Fsp3) is 0.300. The van der Waals surface area contributed by atoms with Gasteiger partial charge in [0, 0.05) is 5.56 Å². The predicted octanol–water partition coefficient (Wildman–Crippen LogP) is 2.40. The van der Waals surface area contributed by atoms with Gasteiger partial charge in [0.1, 0.15) is 11.3 Å². The van der Waals surface area contributed by atoms with Gasteiger partial charge in [-0.2, -0.15) is 0 Å². The van der Waals surface area contributed by atoms with Crippen LogP contribution >= 0.6 is 0 Å². The number of fused-ring (bicyclic) bond motifs is 1. The van der Waals surface area contributed by atoms with Gasteiger partial charge in [0.25, 0.3) is 0 Å². The number of aromatic nitrogens is 1. The maximum Gasteiger partial charge on any atom is 0.182 e. The number of hydrogen-bond acceptors (Lipinski definition) is 3. The average Bonchev–Trinajstić information content (AvgIpc) is 2.53. The van der Waals surface area contributed by atoms with Gasteiger partial charge < -0.3 is 9.52 Å². The minimum atomic E-state index is 0.296. The highest BCUT2D eigenvalue weighted by Gasteiger charge is 2.11. The summed E-state index contributed by atoms with van der Waals surface area (Å²) in [5.74, 6) is 0.296. The molecule has 3 nitrogen and oxygen atoms in total. The number of rotatable bonds is 1. The first-order valence-electron chi connectivity index (χ1n) is 4.28. The van der Waals surface area contributed by atoms with Crippen LogP contribution in [0.25, 0.3) is 11.1 Å². The van der Waals surface area contributed by atoms with Crippen molar-refractivity contribution >= 4 is 11.1 Å². The van der Waals surface area contributed by atoms with E-state index in [2.05, 4.69) is 4.98 Å². The Labute approximate surface area is 76.0 Å². The fourth-order valence-corrected chi connectivity index (χ4v) is 1.56. The molecule has 0 amide bonds. The largest absolute Gasteiger partial charge is 0.508 e. The monoisotopic (exact) mass is 177 g/mol. The lowest BCUT2D eigenvalue weighted by Gasteiger charge is -2.03. The SMILES string of the molecule is CCc1c(O)cc(C)c2ncoc12. The first kappa shape index (κ1) is 8.10. The van der Waals surface area contributed by atoms with Crippen LogP contribution in [0.1, 0.15) is 18.1 Å². The Morgan fingerprint density at radius 3 is 3.00 bits per heavy atom. The lowest BCUT2D eigenvalue weighted by atomic mass is 10.1. The Balaban J connectivity index is 2.88. The summed E-state index contributed by atoms with van der Waals surface area (Å²) in [7, 11) is 0. The van der Waals surface area contributed by atoms with Crippen molar-refractivity contribution in [3.63, 3.8) is 0 Å². The fourth-order valence-electron chi connectivity index (χ4n) is 1.56. The van der Waals surface area contributed by atoms with Crippen LogP contribution in [0.15, 0.2) is 16.9 Å². The first-order chi connectivity index (χ1) is 6.24. The van der Waals surface area contributed by atoms with Crippen molar-refractivity contribution < 1.29 is 9.52 Å². The van der Waals surface area contributed by atoms with Crippen LogP contribution in [0.3, 0.4) is 0 Å². The van der Waals surface area contributed by atoms with Crippen LogP contribution in [0.5, 0.6) is 5.75 Å². The highest BCUT2D eigenvalue weighted by Crippen LogP contribution is 2.29. The lowest BCUT2D eigenvalue weighted by Crippen LogP contribution is -1.86. The van der Waals surface area contributed by atoms with Gasteiger partial charge in [-0.3, -0.25) is 0 Å². The molecule has 13 heavy (non-hydrogen) atoms. The Morgan fingerprint density at radius 1 is 1.54 bits per heavy atom. The van der Waals surface area contributed by atoms with Gasteiger partial charge in [0.2, 0.25) is 0 Å². The molecule has 0 unspecified atom stereocenters. The number of aryl methyl sites for hydroxylation is 2. The molecule has 0 aliphatic heterocycles. The van der Waals surface area contributed by atoms with E-state index >= 15 is 0 Å². The second kappa shape index (κ2) is 2.76. The van der Waals surface area contributed by atoms with Crippen LogP contribution < -0.4 is 0 Å². The Hall–Kier alpha value is -1.51. The zero-order valence-electron chi connectivity index (χ0n) is 7.66. The van der Waals surface area contributed by atoms with E-state index in [0.29, 0.717) is 11.3 Å². The summed E-state index contributed by atoms with van der Waals surface area (Å²) in [5.41, 5.74) is 3.33. The summed E-state index contributed by atoms with van der Waals surface area (Å²) >= 11 is 0. The summed E-state index contributed by atoms with van der Waals surface area (Å²) < 4.78 is 5.23. The van der Waals surface area contributed by atoms with E-state index < -0.39 is 0 Å². The highest BCUT2D eigenvalue weighted by atomic mass is 16.3. The number of nitrogens with zero attached hydrogens (tertiary/aromatic N) is 1. The molecule has 1 N–H and O–H groups in total. The molecule has 0 aliphatic rings. The van der Waals surface area contributed by atoms with E-state index in [-0.39, 0.29) is 0 Å². The van der Waals surface area contributed by atoms with Crippen molar-refractivity contribution in [2.24, 2.45) is 0 Å². The van der Waals surface area contributed by atoms with E-state index in [0.717, 1.165) is 23.1 Å².